The second-order valence-electron chi connectivity index (χ2n) is 4.25. The number of hydrogen-bond acceptors (Lipinski definition) is 1. The lowest BCUT2D eigenvalue weighted by atomic mass is 10.1. The molecular formula is C16H16F2O. The van der Waals surface area contributed by atoms with Gasteiger partial charge in [0, 0.05) is 10.8 Å². The van der Waals surface area contributed by atoms with Crippen LogP contribution in [0, 0.1) is 25.5 Å². The fraction of sp³-hybridized carbons (Fsp3) is 0.250. The Kier molecular flexibility index (Phi) is 3.56. The maximum Gasteiger partial charge on any atom is 0.171 e. The second-order valence-corrected chi connectivity index (χ2v) is 4.25. The molecule has 0 amide bonds. The van der Waals surface area contributed by atoms with Gasteiger partial charge >= 0.3 is 0 Å². The summed E-state index contributed by atoms with van der Waals surface area (Å²) in [5, 5.41) is 1.23. The molecular weight excluding hydrogens is 246 g/mol. The van der Waals surface area contributed by atoms with Crippen molar-refractivity contribution in [3.63, 3.8) is 0 Å². The van der Waals surface area contributed by atoms with E-state index in [4.69, 9.17) is 4.42 Å². The molecule has 2 aromatic carbocycles. The van der Waals surface area contributed by atoms with Gasteiger partial charge in [-0.05, 0) is 25.0 Å². The summed E-state index contributed by atoms with van der Waals surface area (Å²) < 4.78 is 33.0. The number of hydrogen-bond donors (Lipinski definition) is 0. The summed E-state index contributed by atoms with van der Waals surface area (Å²) in [6.07, 6.45) is 0. The molecule has 1 heterocycles. The molecule has 0 spiro atoms. The van der Waals surface area contributed by atoms with Gasteiger partial charge in [-0.1, -0.05) is 38.1 Å². The molecule has 0 aliphatic rings. The summed E-state index contributed by atoms with van der Waals surface area (Å²) in [4.78, 5) is 0. The first-order valence-corrected chi connectivity index (χ1v) is 6.36. The molecule has 0 aliphatic carbocycles. The first-order chi connectivity index (χ1) is 9.09. The third-order valence-electron chi connectivity index (χ3n) is 3.07. The lowest BCUT2D eigenvalue weighted by Crippen LogP contribution is -1.81. The molecule has 0 atom stereocenters. The van der Waals surface area contributed by atoms with Crippen LogP contribution in [0.2, 0.25) is 0 Å². The van der Waals surface area contributed by atoms with E-state index in [1.54, 1.807) is 38.1 Å². The van der Waals surface area contributed by atoms with Crippen molar-refractivity contribution < 1.29 is 13.2 Å². The lowest BCUT2D eigenvalue weighted by Gasteiger charge is -1.95. The van der Waals surface area contributed by atoms with Crippen LogP contribution in [0.4, 0.5) is 8.78 Å². The Bertz CT molecular complexity index is 679. The highest BCUT2D eigenvalue weighted by Gasteiger charge is 2.16. The highest BCUT2D eigenvalue weighted by molar-refractivity contribution is 6.05. The summed E-state index contributed by atoms with van der Waals surface area (Å²) in [6.45, 7) is 7.31. The van der Waals surface area contributed by atoms with Gasteiger partial charge in [0.05, 0.1) is 0 Å². The van der Waals surface area contributed by atoms with E-state index in [2.05, 4.69) is 0 Å². The lowest BCUT2D eigenvalue weighted by molar-refractivity contribution is 0.552. The van der Waals surface area contributed by atoms with Crippen molar-refractivity contribution >= 4 is 21.9 Å². The Balaban J connectivity index is 0.000000637. The zero-order chi connectivity index (χ0) is 14.2. The van der Waals surface area contributed by atoms with Gasteiger partial charge in [-0.2, -0.15) is 0 Å². The zero-order valence-corrected chi connectivity index (χ0v) is 11.5. The van der Waals surface area contributed by atoms with Crippen LogP contribution in [0.5, 0.6) is 0 Å². The molecule has 0 unspecified atom stereocenters. The minimum atomic E-state index is -0.421. The van der Waals surface area contributed by atoms with Gasteiger partial charge in [-0.15, -0.1) is 0 Å². The van der Waals surface area contributed by atoms with Gasteiger partial charge in [0.1, 0.15) is 0 Å². The van der Waals surface area contributed by atoms with Crippen LogP contribution in [0.1, 0.15) is 25.0 Å². The standard InChI is InChI=1S/C14H10F2O.C2H6/c1-7-3-5-9-10-6-4-8(2)12(16)14(10)17-13(9)11(7)15;1-2/h3-6H,1-2H3;1-2H3. The van der Waals surface area contributed by atoms with Crippen LogP contribution < -0.4 is 0 Å². The number of rotatable bonds is 0. The van der Waals surface area contributed by atoms with Gasteiger partial charge in [-0.3, -0.25) is 0 Å². The fourth-order valence-electron chi connectivity index (χ4n) is 2.03. The smallest absolute Gasteiger partial charge is 0.171 e. The van der Waals surface area contributed by atoms with Gasteiger partial charge in [-0.25, -0.2) is 8.78 Å². The number of fused-ring (bicyclic) bond motifs is 3. The van der Waals surface area contributed by atoms with E-state index in [-0.39, 0.29) is 11.2 Å². The third-order valence-corrected chi connectivity index (χ3v) is 3.07. The Morgan fingerprint density at radius 2 is 1.11 bits per heavy atom. The Labute approximate surface area is 110 Å². The van der Waals surface area contributed by atoms with Crippen molar-refractivity contribution in [3.05, 3.63) is 47.0 Å². The molecule has 100 valence electrons. The molecule has 3 heteroatoms. The van der Waals surface area contributed by atoms with E-state index in [9.17, 15) is 8.78 Å². The van der Waals surface area contributed by atoms with Gasteiger partial charge in [0.2, 0.25) is 0 Å². The zero-order valence-electron chi connectivity index (χ0n) is 11.5. The fourth-order valence-corrected chi connectivity index (χ4v) is 2.03. The third kappa shape index (κ3) is 1.99. The molecule has 0 radical (unpaired) electrons. The van der Waals surface area contributed by atoms with E-state index in [0.29, 0.717) is 21.9 Å². The van der Waals surface area contributed by atoms with Crippen LogP contribution in [-0.4, -0.2) is 0 Å². The summed E-state index contributed by atoms with van der Waals surface area (Å²) in [7, 11) is 0. The normalized spacial score (nSPS) is 10.6. The minimum Gasteiger partial charge on any atom is -0.450 e. The van der Waals surface area contributed by atoms with Crippen LogP contribution in [0.3, 0.4) is 0 Å². The molecule has 3 rings (SSSR count). The first kappa shape index (κ1) is 13.5. The van der Waals surface area contributed by atoms with Gasteiger partial charge < -0.3 is 4.42 Å². The number of furan rings is 1. The maximum atomic E-state index is 13.9. The highest BCUT2D eigenvalue weighted by atomic mass is 19.1. The quantitative estimate of drug-likeness (QED) is 0.521. The van der Waals surface area contributed by atoms with E-state index >= 15 is 0 Å². The topological polar surface area (TPSA) is 13.1 Å². The van der Waals surface area contributed by atoms with E-state index in [1.807, 2.05) is 13.8 Å². The average Bonchev–Trinajstić information content (AvgIpc) is 2.81. The van der Waals surface area contributed by atoms with E-state index < -0.39 is 11.6 Å². The molecule has 0 N–H and O–H groups in total. The summed E-state index contributed by atoms with van der Waals surface area (Å²) in [6, 6.07) is 6.86. The van der Waals surface area contributed by atoms with Gasteiger partial charge in [0.25, 0.3) is 0 Å². The monoisotopic (exact) mass is 262 g/mol. The Hall–Kier alpha value is -1.90. The first-order valence-electron chi connectivity index (χ1n) is 6.36. The predicted molar refractivity (Wildman–Crippen MR) is 74.5 cm³/mol. The average molecular weight is 262 g/mol. The highest BCUT2D eigenvalue weighted by Crippen LogP contribution is 2.33. The van der Waals surface area contributed by atoms with Crippen molar-refractivity contribution in [2.24, 2.45) is 0 Å². The summed E-state index contributed by atoms with van der Waals surface area (Å²) >= 11 is 0. The Morgan fingerprint density at radius 1 is 0.737 bits per heavy atom. The van der Waals surface area contributed by atoms with E-state index in [1.165, 1.54) is 0 Å². The molecule has 0 bridgehead atoms. The number of aryl methyl sites for hydroxylation is 2. The Morgan fingerprint density at radius 3 is 1.47 bits per heavy atom. The van der Waals surface area contributed by atoms with Crippen molar-refractivity contribution in [1.29, 1.82) is 0 Å². The van der Waals surface area contributed by atoms with Crippen LogP contribution in [0.15, 0.2) is 28.7 Å². The van der Waals surface area contributed by atoms with Crippen molar-refractivity contribution in [1.82, 2.24) is 0 Å². The molecule has 0 saturated heterocycles. The van der Waals surface area contributed by atoms with E-state index in [0.717, 1.165) is 0 Å². The van der Waals surface area contributed by atoms with Crippen LogP contribution in [0.25, 0.3) is 21.9 Å². The molecule has 19 heavy (non-hydrogen) atoms. The largest absolute Gasteiger partial charge is 0.450 e. The minimum absolute atomic E-state index is 0.129. The SMILES string of the molecule is CC.Cc1ccc2c(oc3c(F)c(C)ccc32)c1F. The predicted octanol–water partition coefficient (Wildman–Crippen LogP) is 5.51. The summed E-state index contributed by atoms with van der Waals surface area (Å²) in [5.41, 5.74) is 1.25. The number of halogens is 2. The molecule has 0 saturated carbocycles. The van der Waals surface area contributed by atoms with Crippen LogP contribution >= 0.6 is 0 Å². The second kappa shape index (κ2) is 5.00. The van der Waals surface area contributed by atoms with Crippen molar-refractivity contribution in [3.8, 4) is 0 Å². The molecule has 0 aliphatic heterocycles. The summed E-state index contributed by atoms with van der Waals surface area (Å²) in [5.74, 6) is -0.841. The molecule has 0 fully saturated rings. The molecule has 1 nitrogen and oxygen atoms in total. The van der Waals surface area contributed by atoms with Crippen molar-refractivity contribution in [2.45, 2.75) is 27.7 Å². The molecule has 3 aromatic rings. The number of benzene rings is 2. The molecule has 1 aromatic heterocycles. The maximum absolute atomic E-state index is 13.9. The van der Waals surface area contributed by atoms with Crippen LogP contribution in [-0.2, 0) is 0 Å². The van der Waals surface area contributed by atoms with Gasteiger partial charge in [0.15, 0.2) is 22.8 Å². The van der Waals surface area contributed by atoms with Crippen molar-refractivity contribution in [2.75, 3.05) is 0 Å².